The number of nitrogens with zero attached hydrogens (tertiary/aromatic N) is 1. The van der Waals surface area contributed by atoms with Gasteiger partial charge in [-0.1, -0.05) is 19.0 Å². The van der Waals surface area contributed by atoms with Gasteiger partial charge in [-0.25, -0.2) is 0 Å². The maximum Gasteiger partial charge on any atom is 0.161 e. The van der Waals surface area contributed by atoms with Crippen LogP contribution in [-0.4, -0.2) is 38.2 Å². The molecule has 0 amide bonds. The first-order valence-corrected chi connectivity index (χ1v) is 8.87. The number of quaternary nitrogens is 1. The van der Waals surface area contributed by atoms with Crippen molar-refractivity contribution in [2.45, 2.75) is 39.2 Å². The molecule has 0 saturated carbocycles. The minimum absolute atomic E-state index is 0.350. The molecule has 5 nitrogen and oxygen atoms in total. The molecular weight excluding hydrogens is 304 g/mol. The smallest absolute Gasteiger partial charge is 0.161 e. The minimum atomic E-state index is 0.350. The molecule has 1 unspecified atom stereocenters. The van der Waals surface area contributed by atoms with Gasteiger partial charge in [0.25, 0.3) is 0 Å². The molecule has 3 rings (SSSR count). The summed E-state index contributed by atoms with van der Waals surface area (Å²) < 4.78 is 10.9. The lowest BCUT2D eigenvalue weighted by Crippen LogP contribution is -3.15. The zero-order valence-electron chi connectivity index (χ0n) is 15.1. The lowest BCUT2D eigenvalue weighted by Gasteiger charge is -2.41. The topological polar surface area (TPSA) is 55.5 Å². The van der Waals surface area contributed by atoms with Gasteiger partial charge in [-0.2, -0.15) is 0 Å². The number of hydrogen-bond acceptors (Lipinski definition) is 4. The van der Waals surface area contributed by atoms with Crippen LogP contribution < -0.4 is 14.4 Å². The Bertz CT molecular complexity index is 627. The van der Waals surface area contributed by atoms with Crippen LogP contribution in [0.15, 0.2) is 17.3 Å². The van der Waals surface area contributed by atoms with Gasteiger partial charge in [0.2, 0.25) is 0 Å². The van der Waals surface area contributed by atoms with E-state index in [2.05, 4.69) is 31.1 Å². The molecule has 0 aliphatic carbocycles. The number of oxime groups is 1. The summed E-state index contributed by atoms with van der Waals surface area (Å²) >= 11 is 0. The Morgan fingerprint density at radius 3 is 2.58 bits per heavy atom. The van der Waals surface area contributed by atoms with Crippen molar-refractivity contribution in [2.75, 3.05) is 27.3 Å². The molecule has 1 saturated heterocycles. The lowest BCUT2D eigenvalue weighted by molar-refractivity contribution is -0.938. The van der Waals surface area contributed by atoms with E-state index < -0.39 is 0 Å². The highest BCUT2D eigenvalue weighted by atomic mass is 16.5. The fourth-order valence-electron chi connectivity index (χ4n) is 4.39. The molecule has 132 valence electrons. The fraction of sp³-hybridized carbons (Fsp3) is 0.632. The van der Waals surface area contributed by atoms with Crippen molar-refractivity contribution < 1.29 is 19.6 Å². The van der Waals surface area contributed by atoms with E-state index >= 15 is 0 Å². The molecule has 2 N–H and O–H groups in total. The highest BCUT2D eigenvalue weighted by Gasteiger charge is 2.41. The highest BCUT2D eigenvalue weighted by Crippen LogP contribution is 2.36. The normalized spacial score (nSPS) is 27.7. The second kappa shape index (κ2) is 7.01. The van der Waals surface area contributed by atoms with Gasteiger partial charge in [0.05, 0.1) is 38.9 Å². The van der Waals surface area contributed by atoms with Crippen molar-refractivity contribution in [2.24, 2.45) is 17.0 Å². The largest absolute Gasteiger partial charge is 0.493 e. The summed E-state index contributed by atoms with van der Waals surface area (Å²) in [4.78, 5) is 1.60. The summed E-state index contributed by atoms with van der Waals surface area (Å²) in [5.74, 6) is 2.58. The third kappa shape index (κ3) is 3.09. The van der Waals surface area contributed by atoms with Crippen LogP contribution in [0.25, 0.3) is 0 Å². The molecule has 24 heavy (non-hydrogen) atoms. The van der Waals surface area contributed by atoms with Crippen LogP contribution in [-0.2, 0) is 6.42 Å². The van der Waals surface area contributed by atoms with Gasteiger partial charge in [-0.3, -0.25) is 0 Å². The Labute approximate surface area is 144 Å². The van der Waals surface area contributed by atoms with E-state index in [4.69, 9.17) is 9.47 Å². The Kier molecular flexibility index (Phi) is 4.99. The summed E-state index contributed by atoms with van der Waals surface area (Å²) in [6.07, 6.45) is 2.97. The van der Waals surface area contributed by atoms with Crippen molar-refractivity contribution in [1.82, 2.24) is 0 Å². The van der Waals surface area contributed by atoms with Gasteiger partial charge < -0.3 is 19.6 Å². The second-order valence-electron chi connectivity index (χ2n) is 7.44. The van der Waals surface area contributed by atoms with Crippen LogP contribution in [0, 0.1) is 11.8 Å². The summed E-state index contributed by atoms with van der Waals surface area (Å²) in [6.45, 7) is 6.65. The van der Waals surface area contributed by atoms with Gasteiger partial charge in [-0.15, -0.1) is 0 Å². The molecule has 5 heteroatoms. The van der Waals surface area contributed by atoms with Gasteiger partial charge in [0, 0.05) is 18.4 Å². The average Bonchev–Trinajstić information content (AvgIpc) is 2.59. The number of benzene rings is 1. The van der Waals surface area contributed by atoms with Crippen LogP contribution in [0.4, 0.5) is 0 Å². The third-order valence-corrected chi connectivity index (χ3v) is 5.51. The van der Waals surface area contributed by atoms with Crippen LogP contribution in [0.1, 0.15) is 43.9 Å². The number of piperidine rings is 1. The zero-order valence-corrected chi connectivity index (χ0v) is 15.1. The molecule has 0 radical (unpaired) electrons. The molecule has 0 spiro atoms. The van der Waals surface area contributed by atoms with E-state index in [9.17, 15) is 5.21 Å². The third-order valence-electron chi connectivity index (χ3n) is 5.51. The molecular formula is C19H29N2O3+. The van der Waals surface area contributed by atoms with E-state index in [1.54, 1.807) is 19.1 Å². The van der Waals surface area contributed by atoms with Crippen LogP contribution in [0.5, 0.6) is 11.5 Å². The molecule has 1 aromatic rings. The predicted molar refractivity (Wildman–Crippen MR) is 93.5 cm³/mol. The maximum atomic E-state index is 9.53. The number of fused-ring (bicyclic) bond motifs is 3. The van der Waals surface area contributed by atoms with Gasteiger partial charge in [-0.05, 0) is 30.0 Å². The Morgan fingerprint density at radius 2 is 1.96 bits per heavy atom. The van der Waals surface area contributed by atoms with E-state index in [1.807, 2.05) is 0 Å². The Morgan fingerprint density at radius 1 is 1.25 bits per heavy atom. The average molecular weight is 333 g/mol. The van der Waals surface area contributed by atoms with Crippen LogP contribution >= 0.6 is 0 Å². The summed E-state index contributed by atoms with van der Waals surface area (Å²) in [5, 5.41) is 13.2. The van der Waals surface area contributed by atoms with Crippen molar-refractivity contribution in [3.63, 3.8) is 0 Å². The summed E-state index contributed by atoms with van der Waals surface area (Å²) in [6, 6.07) is 4.58. The SMILES string of the molecule is COc1cc2c(cc1OC)[C@H]1C/C(=N/O)[C@@H](CC(C)C)C[NH+]1CC2. The molecule has 0 bridgehead atoms. The van der Waals surface area contributed by atoms with Crippen molar-refractivity contribution >= 4 is 5.71 Å². The number of methoxy groups -OCH3 is 2. The molecule has 0 aromatic heterocycles. The maximum absolute atomic E-state index is 9.53. The second-order valence-corrected chi connectivity index (χ2v) is 7.44. The van der Waals surface area contributed by atoms with Gasteiger partial charge in [0.1, 0.15) is 6.04 Å². The first-order valence-electron chi connectivity index (χ1n) is 8.87. The molecule has 2 heterocycles. The van der Waals surface area contributed by atoms with Crippen LogP contribution in [0.2, 0.25) is 0 Å². The Hall–Kier alpha value is -1.75. The van der Waals surface area contributed by atoms with E-state index in [1.165, 1.54) is 11.1 Å². The monoisotopic (exact) mass is 333 g/mol. The zero-order chi connectivity index (χ0) is 17.3. The molecule has 1 fully saturated rings. The van der Waals surface area contributed by atoms with Gasteiger partial charge in [0.15, 0.2) is 11.5 Å². The van der Waals surface area contributed by atoms with Crippen molar-refractivity contribution in [3.05, 3.63) is 23.3 Å². The first-order chi connectivity index (χ1) is 11.6. The molecule has 2 aliphatic rings. The fourth-order valence-corrected chi connectivity index (χ4v) is 4.39. The number of nitrogens with one attached hydrogen (secondary N) is 1. The molecule has 2 aliphatic heterocycles. The first kappa shape index (κ1) is 17.1. The van der Waals surface area contributed by atoms with E-state index in [0.717, 1.165) is 49.6 Å². The Balaban J connectivity index is 1.92. The minimum Gasteiger partial charge on any atom is -0.493 e. The quantitative estimate of drug-likeness (QED) is 0.655. The summed E-state index contributed by atoms with van der Waals surface area (Å²) in [7, 11) is 3.36. The van der Waals surface area contributed by atoms with Gasteiger partial charge >= 0.3 is 0 Å². The van der Waals surface area contributed by atoms with Crippen LogP contribution in [0.3, 0.4) is 0 Å². The highest BCUT2D eigenvalue weighted by molar-refractivity contribution is 5.87. The predicted octanol–water partition coefficient (Wildman–Crippen LogP) is 2.08. The van der Waals surface area contributed by atoms with Crippen molar-refractivity contribution in [3.8, 4) is 11.5 Å². The number of hydrogen-bond donors (Lipinski definition) is 2. The molecule has 3 atom stereocenters. The number of ether oxygens (including phenoxy) is 2. The van der Waals surface area contributed by atoms with Crippen molar-refractivity contribution in [1.29, 1.82) is 0 Å². The van der Waals surface area contributed by atoms with E-state index in [-0.39, 0.29) is 0 Å². The van der Waals surface area contributed by atoms with E-state index in [0.29, 0.717) is 17.9 Å². The standard InChI is InChI=1S/C19H28N2O3/c1-12(2)7-14-11-21-6-5-13-8-18(23-3)19(24-4)9-15(13)17(21)10-16(14)20-22/h8-9,12,14,17,22H,5-7,10-11H2,1-4H3/p+1/b20-16-/t14-,17+/m0/s1. The lowest BCUT2D eigenvalue weighted by atomic mass is 9.79. The number of rotatable bonds is 4. The summed E-state index contributed by atoms with van der Waals surface area (Å²) in [5.41, 5.74) is 3.61. The molecule has 1 aromatic carbocycles.